The van der Waals surface area contributed by atoms with E-state index < -0.39 is 18.2 Å². The highest BCUT2D eigenvalue weighted by Crippen LogP contribution is 2.36. The van der Waals surface area contributed by atoms with Crippen LogP contribution < -0.4 is 15.2 Å². The molecule has 0 saturated carbocycles. The molecular formula is C14H21ClFNO4. The topological polar surface area (TPSA) is 70.8 Å². The third-order valence-corrected chi connectivity index (χ3v) is 2.85. The highest BCUT2D eigenvalue weighted by Gasteiger charge is 2.32. The fourth-order valence-corrected chi connectivity index (χ4v) is 1.91. The van der Waals surface area contributed by atoms with Crippen LogP contribution in [0.1, 0.15) is 24.1 Å². The minimum atomic E-state index is -1.99. The minimum Gasteiger partial charge on any atom is -0.496 e. The number of benzene rings is 1. The second-order valence-corrected chi connectivity index (χ2v) is 4.26. The van der Waals surface area contributed by atoms with Gasteiger partial charge in [-0.2, -0.15) is 0 Å². The standard InChI is InChI=1S/C14H20FNO4.ClH/c1-5-20-14(17)12(15)13(16)11-9(18-3)6-8(2)7-10(11)19-4;/h6-7,12-13H,5,16H2,1-4H3;1H/t12?,13-;/m1./s1. The molecule has 7 heteroatoms. The Morgan fingerprint density at radius 3 is 2.14 bits per heavy atom. The molecule has 2 N–H and O–H groups in total. The first-order valence-corrected chi connectivity index (χ1v) is 6.25. The SMILES string of the molecule is CCOC(=O)C(F)[C@H](N)c1c(OC)cc(C)cc1OC.Cl. The number of carbonyl (C=O) groups excluding carboxylic acids is 1. The molecule has 0 aliphatic heterocycles. The molecule has 0 heterocycles. The second kappa shape index (κ2) is 8.69. The maximum Gasteiger partial charge on any atom is 0.342 e. The van der Waals surface area contributed by atoms with Crippen LogP contribution in [0.2, 0.25) is 0 Å². The first-order valence-electron chi connectivity index (χ1n) is 6.25. The second-order valence-electron chi connectivity index (χ2n) is 4.26. The number of hydrogen-bond acceptors (Lipinski definition) is 5. The largest absolute Gasteiger partial charge is 0.496 e. The normalized spacial score (nSPS) is 12.9. The number of ether oxygens (including phenoxy) is 3. The Kier molecular flexibility index (Phi) is 8.06. The summed E-state index contributed by atoms with van der Waals surface area (Å²) in [6, 6.07) is 2.19. The molecule has 120 valence electrons. The van der Waals surface area contributed by atoms with Crippen LogP contribution in [0.5, 0.6) is 11.5 Å². The van der Waals surface area contributed by atoms with Gasteiger partial charge in [0, 0.05) is 0 Å². The van der Waals surface area contributed by atoms with E-state index in [1.54, 1.807) is 19.1 Å². The molecule has 0 aliphatic rings. The maximum atomic E-state index is 14.1. The molecular weight excluding hydrogens is 301 g/mol. The van der Waals surface area contributed by atoms with Crippen molar-refractivity contribution in [1.29, 1.82) is 0 Å². The van der Waals surface area contributed by atoms with Crippen molar-refractivity contribution in [2.24, 2.45) is 5.73 Å². The molecule has 0 fully saturated rings. The summed E-state index contributed by atoms with van der Waals surface area (Å²) >= 11 is 0. The molecule has 0 aromatic heterocycles. The van der Waals surface area contributed by atoms with Gasteiger partial charge in [0.05, 0.1) is 32.4 Å². The Bertz CT molecular complexity index is 459. The smallest absolute Gasteiger partial charge is 0.342 e. The van der Waals surface area contributed by atoms with Crippen molar-refractivity contribution < 1.29 is 23.4 Å². The van der Waals surface area contributed by atoms with Gasteiger partial charge in [-0.25, -0.2) is 9.18 Å². The summed E-state index contributed by atoms with van der Waals surface area (Å²) in [4.78, 5) is 11.5. The third-order valence-electron chi connectivity index (χ3n) is 2.85. The van der Waals surface area contributed by atoms with Gasteiger partial charge >= 0.3 is 5.97 Å². The molecule has 0 bridgehead atoms. The number of alkyl halides is 1. The van der Waals surface area contributed by atoms with E-state index in [0.717, 1.165) is 5.56 Å². The summed E-state index contributed by atoms with van der Waals surface area (Å²) in [7, 11) is 2.89. The van der Waals surface area contributed by atoms with Gasteiger partial charge in [0.1, 0.15) is 11.5 Å². The van der Waals surface area contributed by atoms with Crippen molar-refractivity contribution in [2.75, 3.05) is 20.8 Å². The first kappa shape index (κ1) is 19.5. The zero-order valence-electron chi connectivity index (χ0n) is 12.5. The average molecular weight is 322 g/mol. The third kappa shape index (κ3) is 4.47. The van der Waals surface area contributed by atoms with Crippen molar-refractivity contribution in [3.63, 3.8) is 0 Å². The molecule has 0 spiro atoms. The number of methoxy groups -OCH3 is 2. The average Bonchev–Trinajstić information content (AvgIpc) is 2.44. The lowest BCUT2D eigenvalue weighted by Crippen LogP contribution is -2.32. The van der Waals surface area contributed by atoms with E-state index in [4.69, 9.17) is 15.2 Å². The highest BCUT2D eigenvalue weighted by molar-refractivity contribution is 5.85. The Morgan fingerprint density at radius 2 is 1.76 bits per heavy atom. The number of nitrogens with two attached hydrogens (primary N) is 1. The Hall–Kier alpha value is -1.53. The van der Waals surface area contributed by atoms with Crippen molar-refractivity contribution in [2.45, 2.75) is 26.1 Å². The number of halogens is 2. The summed E-state index contributed by atoms with van der Waals surface area (Å²) < 4.78 is 29.1. The van der Waals surface area contributed by atoms with E-state index in [2.05, 4.69) is 4.74 Å². The number of hydrogen-bond donors (Lipinski definition) is 1. The molecule has 1 unspecified atom stereocenters. The van der Waals surface area contributed by atoms with E-state index in [0.29, 0.717) is 17.1 Å². The lowest BCUT2D eigenvalue weighted by Gasteiger charge is -2.21. The van der Waals surface area contributed by atoms with Crippen LogP contribution in [-0.4, -0.2) is 33.0 Å². The van der Waals surface area contributed by atoms with Gasteiger partial charge in [0.15, 0.2) is 0 Å². The quantitative estimate of drug-likeness (QED) is 0.814. The number of esters is 1. The molecule has 0 radical (unpaired) electrons. The van der Waals surface area contributed by atoms with Gasteiger partial charge in [-0.3, -0.25) is 0 Å². The Morgan fingerprint density at radius 1 is 1.29 bits per heavy atom. The summed E-state index contributed by atoms with van der Waals surface area (Å²) in [5.74, 6) is -0.243. The molecule has 21 heavy (non-hydrogen) atoms. The van der Waals surface area contributed by atoms with Gasteiger partial charge in [-0.1, -0.05) is 0 Å². The molecule has 0 aliphatic carbocycles. The Balaban J connectivity index is 0.00000400. The molecule has 1 rings (SSSR count). The summed E-state index contributed by atoms with van der Waals surface area (Å²) in [5.41, 5.74) is 7.02. The lowest BCUT2D eigenvalue weighted by atomic mass is 9.99. The zero-order chi connectivity index (χ0) is 15.3. The molecule has 5 nitrogen and oxygen atoms in total. The van der Waals surface area contributed by atoms with E-state index in [9.17, 15) is 9.18 Å². The maximum absolute atomic E-state index is 14.1. The monoisotopic (exact) mass is 321 g/mol. The van der Waals surface area contributed by atoms with Crippen LogP contribution in [0.3, 0.4) is 0 Å². The summed E-state index contributed by atoms with van der Waals surface area (Å²) in [5, 5.41) is 0. The van der Waals surface area contributed by atoms with Crippen LogP contribution in [0.4, 0.5) is 4.39 Å². The fraction of sp³-hybridized carbons (Fsp3) is 0.500. The van der Waals surface area contributed by atoms with Crippen molar-refractivity contribution in [3.05, 3.63) is 23.3 Å². The summed E-state index contributed by atoms with van der Waals surface area (Å²) in [6.07, 6.45) is -1.99. The summed E-state index contributed by atoms with van der Waals surface area (Å²) in [6.45, 7) is 3.54. The van der Waals surface area contributed by atoms with E-state index in [-0.39, 0.29) is 19.0 Å². The van der Waals surface area contributed by atoms with Crippen molar-refractivity contribution >= 4 is 18.4 Å². The predicted octanol–water partition coefficient (Wildman–Crippen LogP) is 2.34. The van der Waals surface area contributed by atoms with Gasteiger partial charge < -0.3 is 19.9 Å². The molecule has 1 aromatic carbocycles. The number of rotatable bonds is 6. The zero-order valence-corrected chi connectivity index (χ0v) is 13.3. The van der Waals surface area contributed by atoms with Crippen molar-refractivity contribution in [1.82, 2.24) is 0 Å². The predicted molar refractivity (Wildman–Crippen MR) is 80.0 cm³/mol. The van der Waals surface area contributed by atoms with E-state index in [1.165, 1.54) is 14.2 Å². The number of carbonyl (C=O) groups is 1. The first-order chi connectivity index (χ1) is 9.46. The van der Waals surface area contributed by atoms with Crippen molar-refractivity contribution in [3.8, 4) is 11.5 Å². The van der Waals surface area contributed by atoms with Gasteiger partial charge in [0.2, 0.25) is 6.17 Å². The van der Waals surface area contributed by atoms with E-state index >= 15 is 0 Å². The van der Waals surface area contributed by atoms with Crippen LogP contribution >= 0.6 is 12.4 Å². The highest BCUT2D eigenvalue weighted by atomic mass is 35.5. The van der Waals surface area contributed by atoms with Gasteiger partial charge in [-0.05, 0) is 31.5 Å². The minimum absolute atomic E-state index is 0. The van der Waals surface area contributed by atoms with Crippen LogP contribution in [0.25, 0.3) is 0 Å². The number of aryl methyl sites for hydroxylation is 1. The lowest BCUT2D eigenvalue weighted by molar-refractivity contribution is -0.149. The van der Waals surface area contributed by atoms with Crippen LogP contribution in [-0.2, 0) is 9.53 Å². The fourth-order valence-electron chi connectivity index (χ4n) is 1.91. The van der Waals surface area contributed by atoms with Crippen LogP contribution in [0.15, 0.2) is 12.1 Å². The molecule has 0 amide bonds. The Labute approximate surface area is 130 Å². The van der Waals surface area contributed by atoms with Gasteiger partial charge in [0.25, 0.3) is 0 Å². The van der Waals surface area contributed by atoms with E-state index in [1.807, 2.05) is 6.92 Å². The van der Waals surface area contributed by atoms with Crippen LogP contribution in [0, 0.1) is 6.92 Å². The molecule has 1 aromatic rings. The molecule has 2 atom stereocenters. The molecule has 0 saturated heterocycles. The van der Waals surface area contributed by atoms with Gasteiger partial charge in [-0.15, -0.1) is 12.4 Å².